The maximum Gasteiger partial charge on any atom is 0.0449 e. The maximum atomic E-state index is 3.64. The van der Waals surface area contributed by atoms with Crippen molar-refractivity contribution in [1.29, 1.82) is 0 Å². The van der Waals surface area contributed by atoms with Gasteiger partial charge in [0.2, 0.25) is 0 Å². The van der Waals surface area contributed by atoms with Crippen LogP contribution in [0.3, 0.4) is 0 Å². The van der Waals surface area contributed by atoms with Gasteiger partial charge in [0.25, 0.3) is 0 Å². The molecule has 2 nitrogen and oxygen atoms in total. The Bertz CT molecular complexity index is 381. The Kier molecular flexibility index (Phi) is 7.98. The van der Waals surface area contributed by atoms with Crippen molar-refractivity contribution >= 4 is 0 Å². The highest BCUT2D eigenvalue weighted by molar-refractivity contribution is 5.27. The third-order valence-corrected chi connectivity index (χ3v) is 3.97. The van der Waals surface area contributed by atoms with Crippen LogP contribution in [0.15, 0.2) is 24.3 Å². The molecule has 1 rings (SSSR count). The Hall–Kier alpha value is -0.860. The minimum Gasteiger partial charge on any atom is -0.309 e. The molecular weight excluding hydrogens is 256 g/mol. The summed E-state index contributed by atoms with van der Waals surface area (Å²) >= 11 is 0. The maximum absolute atomic E-state index is 3.64. The molecule has 0 amide bonds. The molecule has 0 aliphatic rings. The second-order valence-corrected chi connectivity index (χ2v) is 6.68. The predicted molar refractivity (Wildman–Crippen MR) is 93.9 cm³/mol. The standard InChI is InChI=1S/C19H34N2/c1-7-20-19(14-21(8-2)13-15(3)4)18-11-9-17(10-12-18)16(5)6/h9-12,15-16,19-20H,7-8,13-14H2,1-6H3. The summed E-state index contributed by atoms with van der Waals surface area (Å²) in [7, 11) is 0. The number of hydrogen-bond acceptors (Lipinski definition) is 2. The molecule has 0 aromatic heterocycles. The molecule has 2 heteroatoms. The molecule has 0 fully saturated rings. The van der Waals surface area contributed by atoms with E-state index in [9.17, 15) is 0 Å². The number of hydrogen-bond donors (Lipinski definition) is 1. The van der Waals surface area contributed by atoms with E-state index in [-0.39, 0.29) is 0 Å². The second-order valence-electron chi connectivity index (χ2n) is 6.68. The highest BCUT2D eigenvalue weighted by Crippen LogP contribution is 2.20. The Morgan fingerprint density at radius 1 is 0.905 bits per heavy atom. The first-order valence-electron chi connectivity index (χ1n) is 8.53. The summed E-state index contributed by atoms with van der Waals surface area (Å²) < 4.78 is 0. The smallest absolute Gasteiger partial charge is 0.0449 e. The van der Waals surface area contributed by atoms with Crippen molar-refractivity contribution in [3.63, 3.8) is 0 Å². The Morgan fingerprint density at radius 2 is 1.48 bits per heavy atom. The highest BCUT2D eigenvalue weighted by atomic mass is 15.1. The summed E-state index contributed by atoms with van der Waals surface area (Å²) in [5.41, 5.74) is 2.83. The van der Waals surface area contributed by atoms with Crippen molar-refractivity contribution in [1.82, 2.24) is 10.2 Å². The number of rotatable bonds is 9. The van der Waals surface area contributed by atoms with Gasteiger partial charge in [-0.1, -0.05) is 65.8 Å². The van der Waals surface area contributed by atoms with Gasteiger partial charge in [-0.25, -0.2) is 0 Å². The zero-order valence-corrected chi connectivity index (χ0v) is 14.8. The summed E-state index contributed by atoms with van der Waals surface area (Å²) in [4.78, 5) is 2.55. The van der Waals surface area contributed by atoms with Crippen molar-refractivity contribution < 1.29 is 0 Å². The molecule has 1 atom stereocenters. The van der Waals surface area contributed by atoms with Crippen molar-refractivity contribution in [2.45, 2.75) is 53.5 Å². The van der Waals surface area contributed by atoms with Crippen molar-refractivity contribution in [2.24, 2.45) is 5.92 Å². The third kappa shape index (κ3) is 6.19. The molecule has 1 aromatic carbocycles. The lowest BCUT2D eigenvalue weighted by molar-refractivity contribution is 0.229. The predicted octanol–water partition coefficient (Wildman–Crippen LogP) is 4.44. The van der Waals surface area contributed by atoms with Gasteiger partial charge in [0.1, 0.15) is 0 Å². The van der Waals surface area contributed by atoms with E-state index in [4.69, 9.17) is 0 Å². The van der Waals surface area contributed by atoms with E-state index in [0.717, 1.165) is 25.6 Å². The SMILES string of the molecule is CCNC(CN(CC)CC(C)C)c1ccc(C(C)C)cc1. The van der Waals surface area contributed by atoms with E-state index in [1.807, 2.05) is 0 Å². The van der Waals surface area contributed by atoms with Gasteiger partial charge in [-0.2, -0.15) is 0 Å². The van der Waals surface area contributed by atoms with Gasteiger partial charge in [0.15, 0.2) is 0 Å². The molecule has 0 heterocycles. The topological polar surface area (TPSA) is 15.3 Å². The van der Waals surface area contributed by atoms with Crippen LogP contribution in [-0.4, -0.2) is 31.1 Å². The van der Waals surface area contributed by atoms with E-state index >= 15 is 0 Å². The average molecular weight is 290 g/mol. The number of nitrogens with one attached hydrogen (secondary N) is 1. The first-order chi connectivity index (χ1) is 9.97. The molecule has 0 radical (unpaired) electrons. The van der Waals surface area contributed by atoms with Gasteiger partial charge in [-0.15, -0.1) is 0 Å². The van der Waals surface area contributed by atoms with Crippen LogP contribution in [0.25, 0.3) is 0 Å². The van der Waals surface area contributed by atoms with E-state index < -0.39 is 0 Å². The lowest BCUT2D eigenvalue weighted by Crippen LogP contribution is -2.37. The molecular formula is C19H34N2. The van der Waals surface area contributed by atoms with Gasteiger partial charge in [-0.05, 0) is 36.1 Å². The minimum absolute atomic E-state index is 0.426. The summed E-state index contributed by atoms with van der Waals surface area (Å²) in [6, 6.07) is 9.58. The van der Waals surface area contributed by atoms with Gasteiger partial charge < -0.3 is 10.2 Å². The van der Waals surface area contributed by atoms with Crippen molar-refractivity contribution in [3.05, 3.63) is 35.4 Å². The molecule has 0 saturated heterocycles. The minimum atomic E-state index is 0.426. The molecule has 0 aliphatic carbocycles. The summed E-state index contributed by atoms with van der Waals surface area (Å²) in [5, 5.41) is 3.64. The number of nitrogens with zero attached hydrogens (tertiary/aromatic N) is 1. The first kappa shape index (κ1) is 18.2. The Labute approximate surface area is 131 Å². The fraction of sp³-hybridized carbons (Fsp3) is 0.684. The van der Waals surface area contributed by atoms with Crippen molar-refractivity contribution in [2.75, 3.05) is 26.2 Å². The lowest BCUT2D eigenvalue weighted by atomic mass is 9.98. The number of likely N-dealkylation sites (N-methyl/N-ethyl adjacent to an activating group) is 2. The molecule has 120 valence electrons. The molecule has 0 aliphatic heterocycles. The second kappa shape index (κ2) is 9.22. The van der Waals surface area contributed by atoms with Crippen LogP contribution in [0.2, 0.25) is 0 Å². The van der Waals surface area contributed by atoms with Gasteiger partial charge in [0.05, 0.1) is 0 Å². The summed E-state index contributed by atoms with van der Waals surface area (Å²) in [6.45, 7) is 17.9. The van der Waals surface area contributed by atoms with Crippen LogP contribution in [0.4, 0.5) is 0 Å². The Morgan fingerprint density at radius 3 is 1.90 bits per heavy atom. The highest BCUT2D eigenvalue weighted by Gasteiger charge is 2.15. The van der Waals surface area contributed by atoms with Gasteiger partial charge in [-0.3, -0.25) is 0 Å². The van der Waals surface area contributed by atoms with E-state index in [1.165, 1.54) is 17.7 Å². The third-order valence-electron chi connectivity index (χ3n) is 3.97. The van der Waals surface area contributed by atoms with Crippen LogP contribution in [-0.2, 0) is 0 Å². The van der Waals surface area contributed by atoms with Gasteiger partial charge >= 0.3 is 0 Å². The summed E-state index contributed by atoms with van der Waals surface area (Å²) in [6.07, 6.45) is 0. The quantitative estimate of drug-likeness (QED) is 0.723. The van der Waals surface area contributed by atoms with Gasteiger partial charge in [0, 0.05) is 19.1 Å². The molecule has 1 N–H and O–H groups in total. The molecule has 0 bridgehead atoms. The van der Waals surface area contributed by atoms with E-state index in [2.05, 4.69) is 76.0 Å². The lowest BCUT2D eigenvalue weighted by Gasteiger charge is -2.28. The molecule has 1 aromatic rings. The van der Waals surface area contributed by atoms with Crippen LogP contribution in [0.1, 0.15) is 64.6 Å². The largest absolute Gasteiger partial charge is 0.309 e. The molecule has 0 spiro atoms. The fourth-order valence-corrected chi connectivity index (χ4v) is 2.75. The van der Waals surface area contributed by atoms with Crippen molar-refractivity contribution in [3.8, 4) is 0 Å². The molecule has 21 heavy (non-hydrogen) atoms. The molecule has 0 saturated carbocycles. The zero-order chi connectivity index (χ0) is 15.8. The van der Waals surface area contributed by atoms with Crippen LogP contribution >= 0.6 is 0 Å². The normalized spacial score (nSPS) is 13.4. The van der Waals surface area contributed by atoms with Crippen LogP contribution < -0.4 is 5.32 Å². The fourth-order valence-electron chi connectivity index (χ4n) is 2.75. The number of benzene rings is 1. The summed E-state index contributed by atoms with van der Waals surface area (Å²) in [5.74, 6) is 1.32. The monoisotopic (exact) mass is 290 g/mol. The van der Waals surface area contributed by atoms with E-state index in [0.29, 0.717) is 12.0 Å². The van der Waals surface area contributed by atoms with E-state index in [1.54, 1.807) is 0 Å². The zero-order valence-electron chi connectivity index (χ0n) is 14.8. The Balaban J connectivity index is 2.79. The van der Waals surface area contributed by atoms with Crippen LogP contribution in [0, 0.1) is 5.92 Å². The molecule has 1 unspecified atom stereocenters. The van der Waals surface area contributed by atoms with Crippen LogP contribution in [0.5, 0.6) is 0 Å². The first-order valence-corrected chi connectivity index (χ1v) is 8.53. The average Bonchev–Trinajstić information content (AvgIpc) is 2.45.